The summed E-state index contributed by atoms with van der Waals surface area (Å²) in [7, 11) is 0. The number of alkyl halides is 1. The van der Waals surface area contributed by atoms with E-state index in [1.807, 2.05) is 12.1 Å². The van der Waals surface area contributed by atoms with Crippen molar-refractivity contribution in [2.24, 2.45) is 0 Å². The average Bonchev–Trinajstić information content (AvgIpc) is 2.49. The van der Waals surface area contributed by atoms with Gasteiger partial charge in [0.1, 0.15) is 5.52 Å². The molecule has 0 unspecified atom stereocenters. The van der Waals surface area contributed by atoms with E-state index in [4.69, 9.17) is 16.0 Å². The number of oxazole rings is 1. The van der Waals surface area contributed by atoms with Gasteiger partial charge in [0.05, 0.1) is 10.4 Å². The van der Waals surface area contributed by atoms with Crippen LogP contribution in [-0.2, 0) is 5.33 Å². The van der Waals surface area contributed by atoms with E-state index < -0.39 is 0 Å². The first-order valence-corrected chi connectivity index (χ1v) is 4.91. The molecule has 0 spiro atoms. The summed E-state index contributed by atoms with van der Waals surface area (Å²) in [5.41, 5.74) is 1.46. The summed E-state index contributed by atoms with van der Waals surface area (Å²) >= 11 is 9.14. The molecule has 2 aromatic rings. The molecule has 2 rings (SSSR count). The van der Waals surface area contributed by atoms with Crippen molar-refractivity contribution in [3.8, 4) is 0 Å². The van der Waals surface area contributed by atoms with Gasteiger partial charge in [-0.25, -0.2) is 4.98 Å². The van der Waals surface area contributed by atoms with Gasteiger partial charge in [0.2, 0.25) is 5.89 Å². The van der Waals surface area contributed by atoms with Crippen molar-refractivity contribution in [1.82, 2.24) is 4.98 Å². The van der Waals surface area contributed by atoms with Crippen LogP contribution in [0.4, 0.5) is 0 Å². The van der Waals surface area contributed by atoms with Gasteiger partial charge >= 0.3 is 0 Å². The number of hydrogen-bond donors (Lipinski definition) is 0. The number of nitrogens with zero attached hydrogens (tertiary/aromatic N) is 1. The lowest BCUT2D eigenvalue weighted by Gasteiger charge is -1.87. The number of rotatable bonds is 1. The van der Waals surface area contributed by atoms with E-state index in [-0.39, 0.29) is 0 Å². The number of hydrogen-bond acceptors (Lipinski definition) is 2. The van der Waals surface area contributed by atoms with Gasteiger partial charge in [-0.1, -0.05) is 33.6 Å². The standard InChI is InChI=1S/C8H5BrClNO/c9-4-7-11-6-3-1-2-5(10)8(6)12-7/h1-3H,4H2. The van der Waals surface area contributed by atoms with Crippen LogP contribution in [0.2, 0.25) is 5.02 Å². The maximum absolute atomic E-state index is 5.88. The Bertz CT molecular complexity index is 412. The number of benzene rings is 1. The SMILES string of the molecule is Clc1cccc2nc(CBr)oc12. The number of aromatic nitrogens is 1. The summed E-state index contributed by atoms with van der Waals surface area (Å²) in [5, 5.41) is 1.21. The summed E-state index contributed by atoms with van der Waals surface area (Å²) in [6, 6.07) is 5.51. The molecule has 12 heavy (non-hydrogen) atoms. The monoisotopic (exact) mass is 245 g/mol. The zero-order valence-electron chi connectivity index (χ0n) is 6.05. The highest BCUT2D eigenvalue weighted by Gasteiger charge is 2.06. The van der Waals surface area contributed by atoms with E-state index in [9.17, 15) is 0 Å². The van der Waals surface area contributed by atoms with Crippen molar-refractivity contribution in [3.05, 3.63) is 29.1 Å². The summed E-state index contributed by atoms with van der Waals surface area (Å²) in [5.74, 6) is 0.651. The normalized spacial score (nSPS) is 10.8. The van der Waals surface area contributed by atoms with Crippen LogP contribution in [0.1, 0.15) is 5.89 Å². The molecule has 1 aromatic heterocycles. The molecule has 0 saturated carbocycles. The Hall–Kier alpha value is -0.540. The van der Waals surface area contributed by atoms with Crippen molar-refractivity contribution in [2.75, 3.05) is 0 Å². The molecule has 0 N–H and O–H groups in total. The third-order valence-electron chi connectivity index (χ3n) is 1.53. The second kappa shape index (κ2) is 3.07. The minimum atomic E-state index is 0.604. The van der Waals surface area contributed by atoms with E-state index in [2.05, 4.69) is 20.9 Å². The number of fused-ring (bicyclic) bond motifs is 1. The Balaban J connectivity index is 2.74. The molecule has 0 aliphatic carbocycles. The first-order chi connectivity index (χ1) is 5.81. The van der Waals surface area contributed by atoms with Crippen molar-refractivity contribution < 1.29 is 4.42 Å². The lowest BCUT2D eigenvalue weighted by molar-refractivity contribution is 0.557. The number of para-hydroxylation sites is 1. The summed E-state index contributed by atoms with van der Waals surface area (Å²) < 4.78 is 5.36. The van der Waals surface area contributed by atoms with Gasteiger partial charge < -0.3 is 4.42 Å². The molecule has 4 heteroatoms. The molecule has 1 aromatic carbocycles. The fraction of sp³-hybridized carbons (Fsp3) is 0.125. The number of halogens is 2. The second-order valence-electron chi connectivity index (χ2n) is 2.33. The molecule has 0 aliphatic heterocycles. The van der Waals surface area contributed by atoms with Crippen LogP contribution < -0.4 is 0 Å². The smallest absolute Gasteiger partial charge is 0.206 e. The van der Waals surface area contributed by atoms with Gasteiger partial charge in [0, 0.05) is 0 Å². The van der Waals surface area contributed by atoms with Gasteiger partial charge in [-0.15, -0.1) is 0 Å². The third-order valence-corrected chi connectivity index (χ3v) is 2.30. The van der Waals surface area contributed by atoms with Crippen LogP contribution >= 0.6 is 27.5 Å². The summed E-state index contributed by atoms with van der Waals surface area (Å²) in [4.78, 5) is 4.19. The predicted octanol–water partition coefficient (Wildman–Crippen LogP) is 3.38. The average molecular weight is 246 g/mol. The first-order valence-electron chi connectivity index (χ1n) is 3.41. The highest BCUT2D eigenvalue weighted by Crippen LogP contribution is 2.24. The highest BCUT2D eigenvalue weighted by molar-refractivity contribution is 9.08. The minimum absolute atomic E-state index is 0.604. The van der Waals surface area contributed by atoms with Crippen molar-refractivity contribution in [1.29, 1.82) is 0 Å². The molecule has 1 heterocycles. The Labute approximate surface area is 82.7 Å². The van der Waals surface area contributed by atoms with Crippen molar-refractivity contribution in [2.45, 2.75) is 5.33 Å². The summed E-state index contributed by atoms with van der Waals surface area (Å²) in [6.45, 7) is 0. The zero-order chi connectivity index (χ0) is 8.55. The second-order valence-corrected chi connectivity index (χ2v) is 3.30. The molecule has 0 saturated heterocycles. The van der Waals surface area contributed by atoms with Gasteiger partial charge in [-0.05, 0) is 12.1 Å². The molecule has 0 bridgehead atoms. The fourth-order valence-electron chi connectivity index (χ4n) is 1.02. The molecule has 2 nitrogen and oxygen atoms in total. The Morgan fingerprint density at radius 1 is 1.50 bits per heavy atom. The maximum atomic E-state index is 5.88. The Morgan fingerprint density at radius 2 is 2.33 bits per heavy atom. The van der Waals surface area contributed by atoms with Crippen LogP contribution in [0.3, 0.4) is 0 Å². The predicted molar refractivity (Wildman–Crippen MR) is 51.7 cm³/mol. The van der Waals surface area contributed by atoms with E-state index in [1.54, 1.807) is 6.07 Å². The lowest BCUT2D eigenvalue weighted by Crippen LogP contribution is -1.71. The van der Waals surface area contributed by atoms with Crippen molar-refractivity contribution in [3.63, 3.8) is 0 Å². The van der Waals surface area contributed by atoms with Crippen molar-refractivity contribution >= 4 is 38.6 Å². The highest BCUT2D eigenvalue weighted by atomic mass is 79.9. The molecular formula is C8H5BrClNO. The Morgan fingerprint density at radius 3 is 3.00 bits per heavy atom. The Kier molecular flexibility index (Phi) is 2.07. The van der Waals surface area contributed by atoms with E-state index >= 15 is 0 Å². The quantitative estimate of drug-likeness (QED) is 0.721. The fourth-order valence-corrected chi connectivity index (χ4v) is 1.47. The van der Waals surface area contributed by atoms with Gasteiger partial charge in [-0.2, -0.15) is 0 Å². The van der Waals surface area contributed by atoms with Crippen LogP contribution in [0.5, 0.6) is 0 Å². The van der Waals surface area contributed by atoms with Gasteiger partial charge in [0.25, 0.3) is 0 Å². The van der Waals surface area contributed by atoms with E-state index in [0.29, 0.717) is 21.8 Å². The summed E-state index contributed by atoms with van der Waals surface area (Å²) in [6.07, 6.45) is 0. The molecular weight excluding hydrogens is 241 g/mol. The molecule has 0 radical (unpaired) electrons. The van der Waals surface area contributed by atoms with Crippen LogP contribution in [-0.4, -0.2) is 4.98 Å². The molecule has 0 atom stereocenters. The van der Waals surface area contributed by atoms with Gasteiger partial charge in [0.15, 0.2) is 5.58 Å². The van der Waals surface area contributed by atoms with Crippen LogP contribution in [0, 0.1) is 0 Å². The van der Waals surface area contributed by atoms with Crippen LogP contribution in [0.25, 0.3) is 11.1 Å². The zero-order valence-corrected chi connectivity index (χ0v) is 8.39. The lowest BCUT2D eigenvalue weighted by atomic mass is 10.3. The van der Waals surface area contributed by atoms with Gasteiger partial charge in [-0.3, -0.25) is 0 Å². The molecule has 0 amide bonds. The van der Waals surface area contributed by atoms with E-state index in [0.717, 1.165) is 5.52 Å². The largest absolute Gasteiger partial charge is 0.438 e. The molecule has 0 fully saturated rings. The third kappa shape index (κ3) is 1.23. The maximum Gasteiger partial charge on any atom is 0.206 e. The topological polar surface area (TPSA) is 26.0 Å². The first kappa shape index (κ1) is 8.08. The van der Waals surface area contributed by atoms with E-state index in [1.165, 1.54) is 0 Å². The minimum Gasteiger partial charge on any atom is -0.438 e. The molecule has 62 valence electrons. The molecule has 0 aliphatic rings. The van der Waals surface area contributed by atoms with Crippen LogP contribution in [0.15, 0.2) is 22.6 Å².